The summed E-state index contributed by atoms with van der Waals surface area (Å²) in [6, 6.07) is 0.205. The highest BCUT2D eigenvalue weighted by molar-refractivity contribution is 7.80. The Morgan fingerprint density at radius 3 is 2.18 bits per heavy atom. The third-order valence-corrected chi connectivity index (χ3v) is 2.84. The van der Waals surface area contributed by atoms with Crippen LogP contribution in [-0.4, -0.2) is 28.4 Å². The van der Waals surface area contributed by atoms with E-state index >= 15 is 0 Å². The molecule has 0 aromatic heterocycles. The van der Waals surface area contributed by atoms with Gasteiger partial charge in [0.1, 0.15) is 0 Å². The van der Waals surface area contributed by atoms with Crippen molar-refractivity contribution in [3.05, 3.63) is 0 Å². The van der Waals surface area contributed by atoms with Crippen LogP contribution in [0.3, 0.4) is 0 Å². The molecule has 0 spiro atoms. The number of rotatable bonds is 6. The third-order valence-electron chi connectivity index (χ3n) is 2.63. The molecule has 0 aliphatic carbocycles. The first-order chi connectivity index (χ1) is 7.63. The molecular formula is C13H26N2OS. The summed E-state index contributed by atoms with van der Waals surface area (Å²) in [6.07, 6.45) is 2.11. The highest BCUT2D eigenvalue weighted by atomic mass is 32.1. The van der Waals surface area contributed by atoms with Crippen LogP contribution in [0, 0.1) is 5.41 Å². The van der Waals surface area contributed by atoms with Crippen LogP contribution < -0.4 is 5.73 Å². The van der Waals surface area contributed by atoms with E-state index < -0.39 is 0 Å². The van der Waals surface area contributed by atoms with Gasteiger partial charge in [-0.2, -0.15) is 0 Å². The number of nitrogens with two attached hydrogens (primary N) is 1. The van der Waals surface area contributed by atoms with Crippen molar-refractivity contribution in [1.29, 1.82) is 0 Å². The van der Waals surface area contributed by atoms with Crippen molar-refractivity contribution in [2.24, 2.45) is 11.1 Å². The number of nitrogens with zero attached hydrogens (tertiary/aromatic N) is 1. The van der Waals surface area contributed by atoms with Gasteiger partial charge in [-0.1, -0.05) is 33.0 Å². The first-order valence-electron chi connectivity index (χ1n) is 6.21. The van der Waals surface area contributed by atoms with Gasteiger partial charge in [0.25, 0.3) is 0 Å². The maximum atomic E-state index is 12.1. The van der Waals surface area contributed by atoms with Crippen LogP contribution in [0.25, 0.3) is 0 Å². The Kier molecular flexibility index (Phi) is 6.68. The average molecular weight is 258 g/mol. The van der Waals surface area contributed by atoms with Crippen LogP contribution in [0.2, 0.25) is 0 Å². The summed E-state index contributed by atoms with van der Waals surface area (Å²) < 4.78 is 0. The second-order valence-electron chi connectivity index (χ2n) is 5.96. The molecule has 0 aliphatic heterocycles. The molecule has 0 aromatic carbocycles. The molecule has 0 aliphatic rings. The second-order valence-corrected chi connectivity index (χ2v) is 6.48. The molecule has 0 saturated heterocycles. The highest BCUT2D eigenvalue weighted by Crippen LogP contribution is 2.21. The van der Waals surface area contributed by atoms with Gasteiger partial charge >= 0.3 is 0 Å². The molecule has 4 heteroatoms. The van der Waals surface area contributed by atoms with Crippen molar-refractivity contribution in [1.82, 2.24) is 4.90 Å². The highest BCUT2D eigenvalue weighted by Gasteiger charge is 2.19. The van der Waals surface area contributed by atoms with Gasteiger partial charge in [0, 0.05) is 25.4 Å². The fraction of sp³-hybridized carbons (Fsp3) is 0.846. The van der Waals surface area contributed by atoms with Gasteiger partial charge in [-0.3, -0.25) is 4.79 Å². The number of hydrogen-bond donors (Lipinski definition) is 1. The molecule has 17 heavy (non-hydrogen) atoms. The SMILES string of the molecule is CC(C)N(CCC(N)=S)C(=O)CCC(C)(C)C. The van der Waals surface area contributed by atoms with Gasteiger partial charge in [-0.25, -0.2) is 0 Å². The molecule has 100 valence electrons. The summed E-state index contributed by atoms with van der Waals surface area (Å²) in [5.41, 5.74) is 5.67. The number of hydrogen-bond acceptors (Lipinski definition) is 2. The van der Waals surface area contributed by atoms with E-state index in [1.54, 1.807) is 0 Å². The lowest BCUT2D eigenvalue weighted by molar-refractivity contribution is -0.133. The Balaban J connectivity index is 4.30. The van der Waals surface area contributed by atoms with E-state index in [2.05, 4.69) is 20.8 Å². The molecule has 0 bridgehead atoms. The van der Waals surface area contributed by atoms with E-state index in [4.69, 9.17) is 18.0 Å². The number of carbonyl (C=O) groups excluding carboxylic acids is 1. The molecule has 2 N–H and O–H groups in total. The van der Waals surface area contributed by atoms with Gasteiger partial charge in [-0.05, 0) is 25.7 Å². The normalized spacial score (nSPS) is 11.6. The summed E-state index contributed by atoms with van der Waals surface area (Å²) in [7, 11) is 0. The summed E-state index contributed by atoms with van der Waals surface area (Å²) >= 11 is 4.85. The number of carbonyl (C=O) groups is 1. The summed E-state index contributed by atoms with van der Waals surface area (Å²) in [6.45, 7) is 11.1. The van der Waals surface area contributed by atoms with Crippen molar-refractivity contribution >= 4 is 23.1 Å². The largest absolute Gasteiger partial charge is 0.393 e. The lowest BCUT2D eigenvalue weighted by atomic mass is 9.90. The van der Waals surface area contributed by atoms with Crippen LogP contribution in [0.4, 0.5) is 0 Å². The third kappa shape index (κ3) is 8.13. The zero-order valence-corrected chi connectivity index (χ0v) is 12.6. The molecule has 0 saturated carbocycles. The molecule has 0 radical (unpaired) electrons. The Hall–Kier alpha value is -0.640. The van der Waals surface area contributed by atoms with Crippen LogP contribution in [-0.2, 0) is 4.79 Å². The minimum atomic E-state index is 0.196. The van der Waals surface area contributed by atoms with Gasteiger partial charge in [0.15, 0.2) is 0 Å². The molecule has 0 rings (SSSR count). The van der Waals surface area contributed by atoms with Crippen molar-refractivity contribution < 1.29 is 4.79 Å². The van der Waals surface area contributed by atoms with E-state index in [1.165, 1.54) is 0 Å². The summed E-state index contributed by atoms with van der Waals surface area (Å²) in [5.74, 6) is 0.200. The average Bonchev–Trinajstić information content (AvgIpc) is 2.12. The van der Waals surface area contributed by atoms with Crippen molar-refractivity contribution in [2.75, 3.05) is 6.54 Å². The predicted molar refractivity (Wildman–Crippen MR) is 76.9 cm³/mol. The van der Waals surface area contributed by atoms with Crippen LogP contribution in [0.1, 0.15) is 53.9 Å². The maximum Gasteiger partial charge on any atom is 0.222 e. The molecule has 0 aromatic rings. The number of thiocarbonyl (C=S) groups is 1. The zero-order valence-electron chi connectivity index (χ0n) is 11.7. The lowest BCUT2D eigenvalue weighted by Crippen LogP contribution is -2.39. The zero-order chi connectivity index (χ0) is 13.6. The molecule has 0 heterocycles. The van der Waals surface area contributed by atoms with Crippen LogP contribution in [0.15, 0.2) is 0 Å². The standard InChI is InChI=1S/C13H26N2OS/c1-10(2)15(9-7-11(14)17)12(16)6-8-13(3,4)5/h10H,6-9H2,1-5H3,(H2,14,17). The molecule has 0 fully saturated rings. The molecule has 0 unspecified atom stereocenters. The Morgan fingerprint density at radius 2 is 1.82 bits per heavy atom. The van der Waals surface area contributed by atoms with E-state index in [9.17, 15) is 4.79 Å². The second kappa shape index (κ2) is 6.94. The maximum absolute atomic E-state index is 12.1. The first-order valence-corrected chi connectivity index (χ1v) is 6.62. The van der Waals surface area contributed by atoms with Crippen molar-refractivity contribution in [3.63, 3.8) is 0 Å². The lowest BCUT2D eigenvalue weighted by Gasteiger charge is -2.28. The van der Waals surface area contributed by atoms with E-state index in [1.807, 2.05) is 18.7 Å². The first kappa shape index (κ1) is 16.4. The van der Waals surface area contributed by atoms with Gasteiger partial charge < -0.3 is 10.6 Å². The van der Waals surface area contributed by atoms with Gasteiger partial charge in [0.2, 0.25) is 5.91 Å². The smallest absolute Gasteiger partial charge is 0.222 e. The fourth-order valence-corrected chi connectivity index (χ4v) is 1.62. The molecule has 1 amide bonds. The van der Waals surface area contributed by atoms with Crippen LogP contribution in [0.5, 0.6) is 0 Å². The Bertz CT molecular complexity index is 269. The van der Waals surface area contributed by atoms with E-state index in [-0.39, 0.29) is 17.4 Å². The number of amides is 1. The summed E-state index contributed by atoms with van der Waals surface area (Å²) in [5, 5.41) is 0. The Morgan fingerprint density at radius 1 is 1.29 bits per heavy atom. The minimum Gasteiger partial charge on any atom is -0.393 e. The van der Waals surface area contributed by atoms with Gasteiger partial charge in [0.05, 0.1) is 4.99 Å². The molecule has 3 nitrogen and oxygen atoms in total. The van der Waals surface area contributed by atoms with E-state index in [0.29, 0.717) is 24.4 Å². The van der Waals surface area contributed by atoms with Gasteiger partial charge in [-0.15, -0.1) is 0 Å². The van der Waals surface area contributed by atoms with Crippen molar-refractivity contribution in [3.8, 4) is 0 Å². The topological polar surface area (TPSA) is 46.3 Å². The fourth-order valence-electron chi connectivity index (χ4n) is 1.53. The summed E-state index contributed by atoms with van der Waals surface area (Å²) in [4.78, 5) is 14.4. The quantitative estimate of drug-likeness (QED) is 0.745. The molecule has 0 atom stereocenters. The van der Waals surface area contributed by atoms with Crippen molar-refractivity contribution in [2.45, 2.75) is 59.9 Å². The Labute approximate surface area is 111 Å². The van der Waals surface area contributed by atoms with E-state index in [0.717, 1.165) is 6.42 Å². The van der Waals surface area contributed by atoms with Crippen LogP contribution >= 0.6 is 12.2 Å². The monoisotopic (exact) mass is 258 g/mol. The molecular weight excluding hydrogens is 232 g/mol. The minimum absolute atomic E-state index is 0.196. The predicted octanol–water partition coefficient (Wildman–Crippen LogP) is 2.73.